The van der Waals surface area contributed by atoms with Gasteiger partial charge in [0.15, 0.2) is 0 Å². The van der Waals surface area contributed by atoms with Crippen LogP contribution in [0.25, 0.3) is 0 Å². The monoisotopic (exact) mass is 376 g/mol. The lowest BCUT2D eigenvalue weighted by Gasteiger charge is -2.20. The molecule has 4 nitrogen and oxygen atoms in total. The van der Waals surface area contributed by atoms with Gasteiger partial charge in [-0.25, -0.2) is 8.78 Å². The van der Waals surface area contributed by atoms with Crippen LogP contribution in [0.1, 0.15) is 16.2 Å². The highest BCUT2D eigenvalue weighted by atomic mass is 32.1. The lowest BCUT2D eigenvalue weighted by atomic mass is 10.2. The van der Waals surface area contributed by atoms with E-state index in [0.29, 0.717) is 18.7 Å². The minimum Gasteiger partial charge on any atom is -0.468 e. The summed E-state index contributed by atoms with van der Waals surface area (Å²) in [4.78, 5) is 15.4. The maximum atomic E-state index is 13.2. The number of nitrogens with zero attached hydrogens (tertiary/aromatic N) is 1. The van der Waals surface area contributed by atoms with Gasteiger partial charge in [0.05, 0.1) is 19.4 Å². The molecule has 7 heteroatoms. The van der Waals surface area contributed by atoms with Crippen molar-refractivity contribution in [3.63, 3.8) is 0 Å². The van der Waals surface area contributed by atoms with Crippen LogP contribution in [0.3, 0.4) is 0 Å². The molecule has 0 spiro atoms. The van der Waals surface area contributed by atoms with Crippen LogP contribution in [0.4, 0.5) is 8.78 Å². The van der Waals surface area contributed by atoms with Crippen molar-refractivity contribution in [1.82, 2.24) is 10.2 Å². The maximum absolute atomic E-state index is 13.2. The molecule has 0 atom stereocenters. The number of thiophene rings is 1. The van der Waals surface area contributed by atoms with Gasteiger partial charge in [0.25, 0.3) is 0 Å². The summed E-state index contributed by atoms with van der Waals surface area (Å²) in [6.45, 7) is 1.32. The number of furan rings is 1. The zero-order valence-corrected chi connectivity index (χ0v) is 14.8. The molecule has 136 valence electrons. The molecule has 0 fully saturated rings. The number of carbonyl (C=O) groups is 1. The first-order valence-corrected chi connectivity index (χ1v) is 8.95. The van der Waals surface area contributed by atoms with Crippen molar-refractivity contribution in [2.45, 2.75) is 19.6 Å². The highest BCUT2D eigenvalue weighted by Gasteiger charge is 2.14. The van der Waals surface area contributed by atoms with Crippen molar-refractivity contribution in [3.8, 4) is 0 Å². The van der Waals surface area contributed by atoms with Crippen molar-refractivity contribution in [2.24, 2.45) is 0 Å². The van der Waals surface area contributed by atoms with Crippen LogP contribution in [0.5, 0.6) is 0 Å². The summed E-state index contributed by atoms with van der Waals surface area (Å²) in [5.74, 6) is -0.780. The van der Waals surface area contributed by atoms with E-state index in [1.165, 1.54) is 12.1 Å². The van der Waals surface area contributed by atoms with E-state index < -0.39 is 11.6 Å². The maximum Gasteiger partial charge on any atom is 0.234 e. The molecule has 1 N–H and O–H groups in total. The molecule has 0 radical (unpaired) electrons. The van der Waals surface area contributed by atoms with E-state index in [1.807, 2.05) is 28.5 Å². The second kappa shape index (κ2) is 8.73. The third-order valence-corrected chi connectivity index (χ3v) is 4.56. The molecule has 0 aliphatic rings. The molecule has 2 heterocycles. The summed E-state index contributed by atoms with van der Waals surface area (Å²) < 4.78 is 31.8. The van der Waals surface area contributed by atoms with Gasteiger partial charge in [-0.15, -0.1) is 11.3 Å². The molecule has 0 saturated heterocycles. The van der Waals surface area contributed by atoms with Gasteiger partial charge in [-0.3, -0.25) is 9.69 Å². The zero-order chi connectivity index (χ0) is 18.4. The van der Waals surface area contributed by atoms with E-state index in [0.717, 1.165) is 16.7 Å². The smallest absolute Gasteiger partial charge is 0.234 e. The van der Waals surface area contributed by atoms with E-state index in [1.54, 1.807) is 23.7 Å². The minimum atomic E-state index is -0.661. The Morgan fingerprint density at radius 1 is 1.12 bits per heavy atom. The first-order valence-electron chi connectivity index (χ1n) is 8.07. The van der Waals surface area contributed by atoms with Gasteiger partial charge in [-0.2, -0.15) is 0 Å². The number of hydrogen-bond acceptors (Lipinski definition) is 4. The highest BCUT2D eigenvalue weighted by molar-refractivity contribution is 7.09. The Hall–Kier alpha value is -2.51. The van der Waals surface area contributed by atoms with Crippen LogP contribution in [0.2, 0.25) is 0 Å². The molecule has 26 heavy (non-hydrogen) atoms. The zero-order valence-electron chi connectivity index (χ0n) is 14.0. The number of rotatable bonds is 8. The Morgan fingerprint density at radius 3 is 2.58 bits per heavy atom. The van der Waals surface area contributed by atoms with Crippen molar-refractivity contribution in [1.29, 1.82) is 0 Å². The van der Waals surface area contributed by atoms with Crippen LogP contribution in [-0.2, 0) is 24.4 Å². The number of benzene rings is 1. The van der Waals surface area contributed by atoms with E-state index in [-0.39, 0.29) is 19.0 Å². The fourth-order valence-electron chi connectivity index (χ4n) is 2.59. The first-order chi connectivity index (χ1) is 12.6. The molecule has 3 rings (SSSR count). The summed E-state index contributed by atoms with van der Waals surface area (Å²) in [5.41, 5.74) is 0.381. The molecular formula is C19H18F2N2O2S. The second-order valence-electron chi connectivity index (χ2n) is 5.86. The minimum absolute atomic E-state index is 0.0705. The molecule has 2 aromatic heterocycles. The number of amides is 1. The molecule has 3 aromatic rings. The van der Waals surface area contributed by atoms with Crippen molar-refractivity contribution >= 4 is 17.2 Å². The van der Waals surface area contributed by atoms with Gasteiger partial charge in [-0.05, 0) is 41.3 Å². The largest absolute Gasteiger partial charge is 0.468 e. The van der Waals surface area contributed by atoms with Gasteiger partial charge in [0, 0.05) is 24.0 Å². The number of carbonyl (C=O) groups excluding carboxylic acids is 1. The predicted molar refractivity (Wildman–Crippen MR) is 95.3 cm³/mol. The van der Waals surface area contributed by atoms with E-state index in [9.17, 15) is 13.6 Å². The van der Waals surface area contributed by atoms with Crippen molar-refractivity contribution in [3.05, 3.63) is 81.9 Å². The van der Waals surface area contributed by atoms with Crippen molar-refractivity contribution in [2.75, 3.05) is 6.54 Å². The summed E-state index contributed by atoms with van der Waals surface area (Å²) >= 11 is 1.62. The van der Waals surface area contributed by atoms with Gasteiger partial charge in [-0.1, -0.05) is 6.07 Å². The van der Waals surface area contributed by atoms with Gasteiger partial charge in [0.2, 0.25) is 5.91 Å². The van der Waals surface area contributed by atoms with Crippen LogP contribution in [0, 0.1) is 11.6 Å². The topological polar surface area (TPSA) is 45.5 Å². The summed E-state index contributed by atoms with van der Waals surface area (Å²) in [7, 11) is 0. The summed E-state index contributed by atoms with van der Waals surface area (Å²) in [6, 6.07) is 10.8. The Kier molecular flexibility index (Phi) is 6.14. The number of hydrogen-bond donors (Lipinski definition) is 1. The van der Waals surface area contributed by atoms with Crippen molar-refractivity contribution < 1.29 is 18.0 Å². The lowest BCUT2D eigenvalue weighted by Crippen LogP contribution is -2.36. The number of nitrogens with one attached hydrogen (secondary N) is 1. The van der Waals surface area contributed by atoms with Crippen LogP contribution in [0.15, 0.2) is 58.5 Å². The molecule has 1 aromatic carbocycles. The predicted octanol–water partition coefficient (Wildman–Crippen LogP) is 3.94. The SMILES string of the molecule is O=C(CN(Cc1ccco1)Cc1cccs1)NCc1cc(F)cc(F)c1. The molecule has 0 bridgehead atoms. The third-order valence-electron chi connectivity index (χ3n) is 3.70. The molecule has 0 unspecified atom stereocenters. The molecule has 0 aliphatic carbocycles. The number of halogens is 2. The Balaban J connectivity index is 1.58. The van der Waals surface area contributed by atoms with Crippen LogP contribution >= 0.6 is 11.3 Å². The lowest BCUT2D eigenvalue weighted by molar-refractivity contribution is -0.122. The van der Waals surface area contributed by atoms with Gasteiger partial charge >= 0.3 is 0 Å². The normalized spacial score (nSPS) is 11.0. The first kappa shape index (κ1) is 18.3. The van der Waals surface area contributed by atoms with Gasteiger partial charge < -0.3 is 9.73 Å². The molecule has 0 aliphatic heterocycles. The Labute approximate surface area is 154 Å². The average Bonchev–Trinajstić information content (AvgIpc) is 3.26. The average molecular weight is 376 g/mol. The fraction of sp³-hybridized carbons (Fsp3) is 0.211. The van der Waals surface area contributed by atoms with Gasteiger partial charge in [0.1, 0.15) is 17.4 Å². The quantitative estimate of drug-likeness (QED) is 0.648. The van der Waals surface area contributed by atoms with Crippen LogP contribution in [-0.4, -0.2) is 17.4 Å². The molecule has 1 amide bonds. The van der Waals surface area contributed by atoms with E-state index in [2.05, 4.69) is 5.32 Å². The third kappa shape index (κ3) is 5.50. The van der Waals surface area contributed by atoms with E-state index in [4.69, 9.17) is 4.42 Å². The molecular weight excluding hydrogens is 358 g/mol. The Morgan fingerprint density at radius 2 is 1.92 bits per heavy atom. The standard InChI is InChI=1S/C19H18F2N2O2S/c20-15-7-14(8-16(21)9-15)10-22-19(24)13-23(11-17-3-1-5-25-17)12-18-4-2-6-26-18/h1-9H,10-13H2,(H,22,24). The fourth-order valence-corrected chi connectivity index (χ4v) is 3.33. The highest BCUT2D eigenvalue weighted by Crippen LogP contribution is 2.14. The molecule has 0 saturated carbocycles. The summed E-state index contributed by atoms with van der Waals surface area (Å²) in [6.07, 6.45) is 1.59. The van der Waals surface area contributed by atoms with E-state index >= 15 is 0 Å². The second-order valence-corrected chi connectivity index (χ2v) is 6.89. The Bertz CT molecular complexity index is 779. The van der Waals surface area contributed by atoms with Crippen LogP contribution < -0.4 is 5.32 Å². The summed E-state index contributed by atoms with van der Waals surface area (Å²) in [5, 5.41) is 4.69.